The van der Waals surface area contributed by atoms with E-state index < -0.39 is 86.7 Å². The van der Waals surface area contributed by atoms with Crippen molar-refractivity contribution in [1.29, 1.82) is 0 Å². The number of hydrogen-bond donors (Lipinski definition) is 2. The summed E-state index contributed by atoms with van der Waals surface area (Å²) in [7, 11) is 0. The molecule has 0 amide bonds. The van der Waals surface area contributed by atoms with Gasteiger partial charge in [0.25, 0.3) is 0 Å². The summed E-state index contributed by atoms with van der Waals surface area (Å²) in [5, 5.41) is 18.8. The molecular weight excluding hydrogens is 635 g/mol. The molecule has 3 nitrogen and oxygen atoms in total. The van der Waals surface area contributed by atoms with Crippen molar-refractivity contribution in [3.63, 3.8) is 0 Å². The molecule has 42 heavy (non-hydrogen) atoms. The van der Waals surface area contributed by atoms with Crippen LogP contribution in [0, 0.1) is 0 Å². The number of rotatable bonds is 15. The summed E-state index contributed by atoms with van der Waals surface area (Å²) in [5.74, 6) is -56.8. The highest BCUT2D eigenvalue weighted by atomic mass is 19.4. The average Bonchev–Trinajstić information content (AvgIpc) is 2.86. The van der Waals surface area contributed by atoms with Crippen molar-refractivity contribution >= 4 is 6.08 Å². The minimum absolute atomic E-state index is 0.0102. The van der Waals surface area contributed by atoms with Crippen LogP contribution in [0.4, 0.5) is 74.6 Å². The van der Waals surface area contributed by atoms with Crippen LogP contribution >= 0.6 is 0 Å². The molecule has 0 aromatic heterocycles. The number of aliphatic hydroxyl groups is 2. The molecule has 0 saturated heterocycles. The maximum atomic E-state index is 14.0. The fourth-order valence-electron chi connectivity index (χ4n) is 3.30. The minimum atomic E-state index is -8.66. The molecule has 1 rings (SSSR count). The van der Waals surface area contributed by atoms with Gasteiger partial charge in [0.05, 0.1) is 19.8 Å². The molecule has 0 bridgehead atoms. The Morgan fingerprint density at radius 1 is 0.595 bits per heavy atom. The Morgan fingerprint density at radius 2 is 0.976 bits per heavy atom. The Labute approximate surface area is 224 Å². The van der Waals surface area contributed by atoms with Gasteiger partial charge < -0.3 is 14.9 Å². The highest BCUT2D eigenvalue weighted by Gasteiger charge is 2.95. The first kappa shape index (κ1) is 37.5. The third-order valence-corrected chi connectivity index (χ3v) is 5.76. The topological polar surface area (TPSA) is 49.7 Å². The van der Waals surface area contributed by atoms with Gasteiger partial charge in [-0.1, -0.05) is 12.7 Å². The smallest absolute Gasteiger partial charge is 0.460 e. The summed E-state index contributed by atoms with van der Waals surface area (Å²) in [6.07, 6.45) is -11.3. The van der Waals surface area contributed by atoms with Crippen LogP contribution in [0.2, 0.25) is 0 Å². The molecule has 0 aliphatic carbocycles. The van der Waals surface area contributed by atoms with Crippen molar-refractivity contribution in [2.75, 3.05) is 6.61 Å². The molecule has 0 atom stereocenters. The highest BCUT2D eigenvalue weighted by Crippen LogP contribution is 2.64. The molecule has 0 radical (unpaired) electrons. The predicted molar refractivity (Wildman–Crippen MR) is 108 cm³/mol. The molecular formula is C22H19F17O3. The molecule has 20 heteroatoms. The summed E-state index contributed by atoms with van der Waals surface area (Å²) in [6.45, 7) is 1.21. The molecule has 0 spiro atoms. The third-order valence-electron chi connectivity index (χ3n) is 5.76. The van der Waals surface area contributed by atoms with Gasteiger partial charge in [-0.15, -0.1) is 0 Å². The van der Waals surface area contributed by atoms with E-state index in [-0.39, 0.29) is 16.9 Å². The van der Waals surface area contributed by atoms with Gasteiger partial charge in [-0.3, -0.25) is 0 Å². The zero-order valence-electron chi connectivity index (χ0n) is 20.4. The Balaban J connectivity index is 3.18. The molecule has 0 saturated carbocycles. The van der Waals surface area contributed by atoms with Gasteiger partial charge in [-0.2, -0.15) is 74.6 Å². The van der Waals surface area contributed by atoms with Crippen LogP contribution < -0.4 is 4.74 Å². The quantitative estimate of drug-likeness (QED) is 0.150. The molecule has 1 aromatic rings. The van der Waals surface area contributed by atoms with Crippen LogP contribution in [-0.4, -0.2) is 64.5 Å². The van der Waals surface area contributed by atoms with E-state index >= 15 is 0 Å². The first-order valence-electron chi connectivity index (χ1n) is 11.0. The second-order valence-electron chi connectivity index (χ2n) is 8.64. The lowest BCUT2D eigenvalue weighted by Crippen LogP contribution is -2.74. The molecule has 2 N–H and O–H groups in total. The van der Waals surface area contributed by atoms with E-state index in [0.717, 1.165) is 0 Å². The number of benzene rings is 1. The predicted octanol–water partition coefficient (Wildman–Crippen LogP) is 7.87. The zero-order valence-corrected chi connectivity index (χ0v) is 20.4. The molecule has 0 aliphatic rings. The van der Waals surface area contributed by atoms with E-state index in [0.29, 0.717) is 5.56 Å². The number of alkyl halides is 17. The molecule has 244 valence electrons. The van der Waals surface area contributed by atoms with E-state index in [1.165, 1.54) is 18.2 Å². The summed E-state index contributed by atoms with van der Waals surface area (Å²) >= 11 is 0. The number of unbranched alkanes of at least 4 members (excludes halogenated alkanes) is 1. The SMILES string of the molecule is C=Cc1cc(CO)c(OCCCCC(F)(F)C(F)(F)C(F)(F)C(F)(F)C(F)(F)C(F)(F)C(F)(F)C(F)(F)F)c(CO)c1. The maximum Gasteiger partial charge on any atom is 0.460 e. The van der Waals surface area contributed by atoms with Crippen molar-refractivity contribution in [2.45, 2.75) is 80.1 Å². The zero-order chi connectivity index (χ0) is 33.4. The van der Waals surface area contributed by atoms with Crippen molar-refractivity contribution in [3.05, 3.63) is 35.4 Å². The van der Waals surface area contributed by atoms with E-state index in [9.17, 15) is 84.9 Å². The summed E-state index contributed by atoms with van der Waals surface area (Å²) in [4.78, 5) is 0. The lowest BCUT2D eigenvalue weighted by atomic mass is 9.88. The van der Waals surface area contributed by atoms with E-state index in [1.54, 1.807) is 0 Å². The second-order valence-corrected chi connectivity index (χ2v) is 8.64. The van der Waals surface area contributed by atoms with Crippen molar-refractivity contribution in [3.8, 4) is 5.75 Å². The molecule has 0 heterocycles. The second kappa shape index (κ2) is 11.9. The van der Waals surface area contributed by atoms with Gasteiger partial charge in [0.15, 0.2) is 0 Å². The number of ether oxygens (including phenoxy) is 1. The fourth-order valence-corrected chi connectivity index (χ4v) is 3.30. The number of halogens is 17. The van der Waals surface area contributed by atoms with Gasteiger partial charge in [0.1, 0.15) is 5.75 Å². The van der Waals surface area contributed by atoms with E-state index in [4.69, 9.17) is 4.74 Å². The normalized spacial score (nSPS) is 14.7. The Morgan fingerprint density at radius 3 is 1.33 bits per heavy atom. The van der Waals surface area contributed by atoms with Crippen molar-refractivity contribution in [2.24, 2.45) is 0 Å². The standard InChI is InChI=1S/C22H19F17O3/c1-2-11-7-12(9-40)14(13(8-11)10-41)42-6-4-3-5-15(23,24)16(25,26)17(27,28)18(29,30)19(31,32)20(33,34)21(35,36)22(37,38)39/h2,7-8,40-41H,1,3-6,9-10H2. The Bertz CT molecular complexity index is 1070. The number of aliphatic hydroxyl groups excluding tert-OH is 2. The maximum absolute atomic E-state index is 14.0. The van der Waals surface area contributed by atoms with Gasteiger partial charge in [0, 0.05) is 17.5 Å². The lowest BCUT2D eigenvalue weighted by molar-refractivity contribution is -0.461. The first-order valence-corrected chi connectivity index (χ1v) is 11.0. The molecule has 0 unspecified atom stereocenters. The highest BCUT2D eigenvalue weighted by molar-refractivity contribution is 5.55. The van der Waals surface area contributed by atoms with Gasteiger partial charge in [-0.25, -0.2) is 0 Å². The van der Waals surface area contributed by atoms with Crippen LogP contribution in [0.1, 0.15) is 36.0 Å². The third kappa shape index (κ3) is 5.96. The molecule has 1 aromatic carbocycles. The van der Waals surface area contributed by atoms with Crippen LogP contribution in [0.15, 0.2) is 18.7 Å². The van der Waals surface area contributed by atoms with Gasteiger partial charge >= 0.3 is 47.6 Å². The van der Waals surface area contributed by atoms with Crippen molar-refractivity contribution in [1.82, 2.24) is 0 Å². The van der Waals surface area contributed by atoms with Gasteiger partial charge in [0.2, 0.25) is 0 Å². The first-order chi connectivity index (χ1) is 18.7. The summed E-state index contributed by atoms with van der Waals surface area (Å²) < 4.78 is 231. The van der Waals surface area contributed by atoms with Crippen LogP contribution in [0.25, 0.3) is 6.08 Å². The monoisotopic (exact) mass is 654 g/mol. The van der Waals surface area contributed by atoms with E-state index in [1.807, 2.05) is 0 Å². The summed E-state index contributed by atoms with van der Waals surface area (Å²) in [6, 6.07) is 2.56. The van der Waals surface area contributed by atoms with Gasteiger partial charge in [-0.05, 0) is 30.5 Å². The molecule has 0 fully saturated rings. The number of hydrogen-bond acceptors (Lipinski definition) is 3. The average molecular weight is 654 g/mol. The Hall–Kier alpha value is -2.51. The van der Waals surface area contributed by atoms with Crippen LogP contribution in [0.5, 0.6) is 5.75 Å². The van der Waals surface area contributed by atoms with Crippen LogP contribution in [-0.2, 0) is 13.2 Å². The fraction of sp³-hybridized carbons (Fsp3) is 0.636. The molecule has 0 aliphatic heterocycles. The Kier molecular flexibility index (Phi) is 10.6. The minimum Gasteiger partial charge on any atom is -0.493 e. The largest absolute Gasteiger partial charge is 0.493 e. The van der Waals surface area contributed by atoms with E-state index in [2.05, 4.69) is 6.58 Å². The van der Waals surface area contributed by atoms with Crippen molar-refractivity contribution < 1.29 is 89.6 Å². The lowest BCUT2D eigenvalue weighted by Gasteiger charge is -2.42. The summed E-state index contributed by atoms with van der Waals surface area (Å²) in [5.41, 5.74) is 0.341. The van der Waals surface area contributed by atoms with Crippen LogP contribution in [0.3, 0.4) is 0 Å².